The molecular weight excluding hydrogens is 224 g/mol. The Bertz CT molecular complexity index is 227. The van der Waals surface area contributed by atoms with Crippen molar-refractivity contribution in [2.75, 3.05) is 19.8 Å². The molecular formula is C15H30N2O. The van der Waals surface area contributed by atoms with Gasteiger partial charge in [-0.25, -0.2) is 0 Å². The summed E-state index contributed by atoms with van der Waals surface area (Å²) in [6, 6.07) is 2.00. The van der Waals surface area contributed by atoms with Crippen LogP contribution >= 0.6 is 0 Å². The minimum atomic E-state index is 0.617. The molecule has 2 N–H and O–H groups in total. The van der Waals surface area contributed by atoms with Crippen molar-refractivity contribution in [3.05, 3.63) is 0 Å². The van der Waals surface area contributed by atoms with E-state index in [1.54, 1.807) is 0 Å². The van der Waals surface area contributed by atoms with Gasteiger partial charge in [0, 0.05) is 24.7 Å². The normalized spacial score (nSPS) is 36.0. The van der Waals surface area contributed by atoms with Crippen LogP contribution in [0.3, 0.4) is 0 Å². The summed E-state index contributed by atoms with van der Waals surface area (Å²) in [4.78, 5) is 0. The Labute approximate surface area is 112 Å². The van der Waals surface area contributed by atoms with Crippen LogP contribution in [-0.2, 0) is 4.74 Å². The van der Waals surface area contributed by atoms with Gasteiger partial charge in [-0.1, -0.05) is 19.8 Å². The zero-order valence-electron chi connectivity index (χ0n) is 12.1. The molecule has 0 radical (unpaired) electrons. The lowest BCUT2D eigenvalue weighted by atomic mass is 9.95. The van der Waals surface area contributed by atoms with Gasteiger partial charge >= 0.3 is 0 Å². The van der Waals surface area contributed by atoms with Crippen LogP contribution in [0.2, 0.25) is 0 Å². The molecule has 106 valence electrons. The highest BCUT2D eigenvalue weighted by Gasteiger charge is 2.24. The van der Waals surface area contributed by atoms with Crippen molar-refractivity contribution in [3.63, 3.8) is 0 Å². The largest absolute Gasteiger partial charge is 0.381 e. The lowest BCUT2D eigenvalue weighted by Gasteiger charge is -2.33. The maximum atomic E-state index is 5.51. The van der Waals surface area contributed by atoms with E-state index in [1.165, 1.54) is 45.1 Å². The van der Waals surface area contributed by atoms with Gasteiger partial charge in [-0.2, -0.15) is 0 Å². The fourth-order valence-electron chi connectivity index (χ4n) is 3.29. The first kappa shape index (κ1) is 14.3. The molecule has 2 heterocycles. The fourth-order valence-corrected chi connectivity index (χ4v) is 3.29. The second-order valence-corrected chi connectivity index (χ2v) is 6.25. The molecule has 4 unspecified atom stereocenters. The molecule has 0 aromatic carbocycles. The van der Waals surface area contributed by atoms with Crippen LogP contribution in [0, 0.1) is 5.92 Å². The van der Waals surface area contributed by atoms with E-state index >= 15 is 0 Å². The molecule has 0 amide bonds. The number of ether oxygens (including phenoxy) is 1. The molecule has 0 bridgehead atoms. The standard InChI is InChI=1S/C15H30N2O/c1-12-11-18-9-7-15(12)17-13(2)10-14-6-4-3-5-8-16-14/h12-17H,3-11H2,1-2H3. The van der Waals surface area contributed by atoms with Crippen molar-refractivity contribution in [1.82, 2.24) is 10.6 Å². The third-order valence-corrected chi connectivity index (χ3v) is 4.44. The Morgan fingerprint density at radius 3 is 3.00 bits per heavy atom. The fraction of sp³-hybridized carbons (Fsp3) is 1.00. The van der Waals surface area contributed by atoms with Crippen LogP contribution in [0.25, 0.3) is 0 Å². The SMILES string of the molecule is CC(CC1CCCCCN1)NC1CCOCC1C. The van der Waals surface area contributed by atoms with E-state index in [0.717, 1.165) is 19.3 Å². The molecule has 4 atom stereocenters. The Hall–Kier alpha value is -0.120. The van der Waals surface area contributed by atoms with E-state index < -0.39 is 0 Å². The summed E-state index contributed by atoms with van der Waals surface area (Å²) in [6.07, 6.45) is 7.96. The van der Waals surface area contributed by atoms with Crippen molar-refractivity contribution >= 4 is 0 Å². The van der Waals surface area contributed by atoms with Crippen molar-refractivity contribution in [3.8, 4) is 0 Å². The Kier molecular flexibility index (Phi) is 5.93. The van der Waals surface area contributed by atoms with Crippen molar-refractivity contribution in [2.24, 2.45) is 5.92 Å². The molecule has 2 rings (SSSR count). The third-order valence-electron chi connectivity index (χ3n) is 4.44. The zero-order chi connectivity index (χ0) is 12.8. The van der Waals surface area contributed by atoms with E-state index in [1.807, 2.05) is 0 Å². The van der Waals surface area contributed by atoms with Gasteiger partial charge in [0.25, 0.3) is 0 Å². The minimum Gasteiger partial charge on any atom is -0.381 e. The number of nitrogens with one attached hydrogen (secondary N) is 2. The van der Waals surface area contributed by atoms with Gasteiger partial charge < -0.3 is 15.4 Å². The number of hydrogen-bond donors (Lipinski definition) is 2. The molecule has 0 aromatic rings. The summed E-state index contributed by atoms with van der Waals surface area (Å²) in [5.74, 6) is 0.656. The van der Waals surface area contributed by atoms with Crippen LogP contribution < -0.4 is 10.6 Å². The molecule has 2 fully saturated rings. The van der Waals surface area contributed by atoms with E-state index in [2.05, 4.69) is 24.5 Å². The second kappa shape index (κ2) is 7.46. The molecule has 3 nitrogen and oxygen atoms in total. The predicted molar refractivity (Wildman–Crippen MR) is 75.9 cm³/mol. The highest BCUT2D eigenvalue weighted by atomic mass is 16.5. The zero-order valence-corrected chi connectivity index (χ0v) is 12.1. The van der Waals surface area contributed by atoms with Crippen LogP contribution in [0.4, 0.5) is 0 Å². The Balaban J connectivity index is 1.71. The van der Waals surface area contributed by atoms with Crippen molar-refractivity contribution in [1.29, 1.82) is 0 Å². The van der Waals surface area contributed by atoms with Crippen LogP contribution in [0.5, 0.6) is 0 Å². The van der Waals surface area contributed by atoms with Crippen LogP contribution in [0.15, 0.2) is 0 Å². The van der Waals surface area contributed by atoms with Gasteiger partial charge in [0.05, 0.1) is 6.61 Å². The Morgan fingerprint density at radius 2 is 2.17 bits per heavy atom. The molecule has 0 aromatic heterocycles. The number of hydrogen-bond acceptors (Lipinski definition) is 3. The van der Waals surface area contributed by atoms with Gasteiger partial charge in [-0.05, 0) is 45.1 Å². The summed E-state index contributed by atoms with van der Waals surface area (Å²) in [5, 5.41) is 7.51. The van der Waals surface area contributed by atoms with Gasteiger partial charge in [0.1, 0.15) is 0 Å². The Morgan fingerprint density at radius 1 is 1.28 bits per heavy atom. The molecule has 3 heteroatoms. The average molecular weight is 254 g/mol. The van der Waals surface area contributed by atoms with E-state index in [4.69, 9.17) is 4.74 Å². The average Bonchev–Trinajstić information content (AvgIpc) is 2.61. The molecule has 0 aliphatic carbocycles. The van der Waals surface area contributed by atoms with E-state index in [9.17, 15) is 0 Å². The summed E-state index contributed by atoms with van der Waals surface area (Å²) in [6.45, 7) is 7.70. The first-order valence-corrected chi connectivity index (χ1v) is 7.83. The molecule has 2 aliphatic rings. The highest BCUT2D eigenvalue weighted by molar-refractivity contribution is 4.82. The van der Waals surface area contributed by atoms with Crippen molar-refractivity contribution in [2.45, 2.75) is 70.5 Å². The lowest BCUT2D eigenvalue weighted by Crippen LogP contribution is -2.47. The monoisotopic (exact) mass is 254 g/mol. The smallest absolute Gasteiger partial charge is 0.0506 e. The molecule has 2 saturated heterocycles. The second-order valence-electron chi connectivity index (χ2n) is 6.25. The lowest BCUT2D eigenvalue weighted by molar-refractivity contribution is 0.0357. The van der Waals surface area contributed by atoms with E-state index in [-0.39, 0.29) is 0 Å². The maximum Gasteiger partial charge on any atom is 0.0506 e. The highest BCUT2D eigenvalue weighted by Crippen LogP contribution is 2.17. The molecule has 0 saturated carbocycles. The van der Waals surface area contributed by atoms with Crippen LogP contribution in [-0.4, -0.2) is 37.9 Å². The topological polar surface area (TPSA) is 33.3 Å². The summed E-state index contributed by atoms with van der Waals surface area (Å²) in [7, 11) is 0. The quantitative estimate of drug-likeness (QED) is 0.808. The molecule has 0 spiro atoms. The third kappa shape index (κ3) is 4.52. The van der Waals surface area contributed by atoms with Crippen LogP contribution in [0.1, 0.15) is 52.4 Å². The summed E-state index contributed by atoms with van der Waals surface area (Å²) in [5.41, 5.74) is 0. The molecule has 2 aliphatic heterocycles. The molecule has 18 heavy (non-hydrogen) atoms. The van der Waals surface area contributed by atoms with Crippen molar-refractivity contribution < 1.29 is 4.74 Å². The van der Waals surface area contributed by atoms with E-state index in [0.29, 0.717) is 18.0 Å². The maximum absolute atomic E-state index is 5.51. The predicted octanol–water partition coefficient (Wildman–Crippen LogP) is 2.31. The first-order valence-electron chi connectivity index (χ1n) is 7.83. The first-order chi connectivity index (χ1) is 8.75. The van der Waals surface area contributed by atoms with Gasteiger partial charge in [0.15, 0.2) is 0 Å². The van der Waals surface area contributed by atoms with Gasteiger partial charge in [0.2, 0.25) is 0 Å². The van der Waals surface area contributed by atoms with Gasteiger partial charge in [-0.15, -0.1) is 0 Å². The van der Waals surface area contributed by atoms with Gasteiger partial charge in [-0.3, -0.25) is 0 Å². The summed E-state index contributed by atoms with van der Waals surface area (Å²) >= 11 is 0. The number of rotatable bonds is 4. The summed E-state index contributed by atoms with van der Waals surface area (Å²) < 4.78 is 5.51. The minimum absolute atomic E-state index is 0.617.